The van der Waals surface area contributed by atoms with Crippen molar-refractivity contribution in [2.75, 3.05) is 13.2 Å². The molecule has 0 aromatic heterocycles. The third-order valence-electron chi connectivity index (χ3n) is 2.22. The summed E-state index contributed by atoms with van der Waals surface area (Å²) in [6.45, 7) is 10.4. The van der Waals surface area contributed by atoms with Crippen LogP contribution in [0.5, 0.6) is 5.75 Å². The Morgan fingerprint density at radius 2 is 1.89 bits per heavy atom. The van der Waals surface area contributed by atoms with Gasteiger partial charge < -0.3 is 9.47 Å². The Labute approximate surface area is 116 Å². The fraction of sp³-hybridized carbons (Fsp3) is 0.438. The number of hydrogen-bond acceptors (Lipinski definition) is 3. The van der Waals surface area contributed by atoms with E-state index in [0.29, 0.717) is 26.1 Å². The Balaban J connectivity index is 0.00000154. The van der Waals surface area contributed by atoms with Gasteiger partial charge in [-0.2, -0.15) is 0 Å². The quantitative estimate of drug-likeness (QED) is 0.550. The molecule has 0 aliphatic rings. The monoisotopic (exact) mass is 264 g/mol. The van der Waals surface area contributed by atoms with Crippen molar-refractivity contribution < 1.29 is 14.3 Å². The number of carbonyl (C=O) groups excluding carboxylic acids is 1. The molecule has 106 valence electrons. The Kier molecular flexibility index (Phi) is 10.3. The topological polar surface area (TPSA) is 35.5 Å². The van der Waals surface area contributed by atoms with Crippen LogP contribution in [0.4, 0.5) is 0 Å². The van der Waals surface area contributed by atoms with Crippen molar-refractivity contribution in [2.24, 2.45) is 0 Å². The zero-order valence-corrected chi connectivity index (χ0v) is 12.1. The molecule has 0 amide bonds. The van der Waals surface area contributed by atoms with E-state index < -0.39 is 0 Å². The lowest BCUT2D eigenvalue weighted by Gasteiger charge is -2.06. The number of carbonyl (C=O) groups is 1. The Morgan fingerprint density at radius 3 is 2.42 bits per heavy atom. The molecule has 1 aromatic rings. The van der Waals surface area contributed by atoms with Crippen LogP contribution < -0.4 is 4.74 Å². The van der Waals surface area contributed by atoms with Crippen LogP contribution in [-0.4, -0.2) is 19.2 Å². The standard InChI is InChI=1S/C14H18O3.C2H6/c1-3-12-7-9-13(10-8-12)17-11-5-6-14(15)16-4-2;1-2/h3,7-10H,1,4-6,11H2,2H3;1-2H3. The molecule has 3 nitrogen and oxygen atoms in total. The predicted molar refractivity (Wildman–Crippen MR) is 79.2 cm³/mol. The van der Waals surface area contributed by atoms with Gasteiger partial charge in [-0.25, -0.2) is 0 Å². The van der Waals surface area contributed by atoms with Gasteiger partial charge >= 0.3 is 5.97 Å². The summed E-state index contributed by atoms with van der Waals surface area (Å²) in [6, 6.07) is 7.66. The van der Waals surface area contributed by atoms with E-state index >= 15 is 0 Å². The van der Waals surface area contributed by atoms with Crippen molar-refractivity contribution in [1.29, 1.82) is 0 Å². The van der Waals surface area contributed by atoms with Gasteiger partial charge in [0.25, 0.3) is 0 Å². The van der Waals surface area contributed by atoms with E-state index in [9.17, 15) is 4.79 Å². The summed E-state index contributed by atoms with van der Waals surface area (Å²) >= 11 is 0. The second-order valence-corrected chi connectivity index (χ2v) is 3.53. The average molecular weight is 264 g/mol. The van der Waals surface area contributed by atoms with E-state index in [1.165, 1.54) is 0 Å². The summed E-state index contributed by atoms with van der Waals surface area (Å²) in [5.74, 6) is 0.637. The third kappa shape index (κ3) is 8.03. The largest absolute Gasteiger partial charge is 0.494 e. The minimum atomic E-state index is -0.168. The first-order valence-electron chi connectivity index (χ1n) is 6.77. The fourth-order valence-electron chi connectivity index (χ4n) is 1.34. The molecule has 1 rings (SSSR count). The van der Waals surface area contributed by atoms with Crippen molar-refractivity contribution in [2.45, 2.75) is 33.6 Å². The van der Waals surface area contributed by atoms with E-state index in [-0.39, 0.29) is 5.97 Å². The van der Waals surface area contributed by atoms with Crippen LogP contribution in [0.1, 0.15) is 39.2 Å². The molecule has 0 fully saturated rings. The Morgan fingerprint density at radius 1 is 1.26 bits per heavy atom. The lowest BCUT2D eigenvalue weighted by Crippen LogP contribution is -2.06. The molecule has 0 radical (unpaired) electrons. The van der Waals surface area contributed by atoms with Crippen molar-refractivity contribution in [3.63, 3.8) is 0 Å². The van der Waals surface area contributed by atoms with Crippen LogP contribution in [0.15, 0.2) is 30.8 Å². The van der Waals surface area contributed by atoms with Crippen LogP contribution in [0.2, 0.25) is 0 Å². The first kappa shape index (κ1) is 17.2. The molecule has 0 aliphatic carbocycles. The first-order valence-corrected chi connectivity index (χ1v) is 6.77. The van der Waals surface area contributed by atoms with Gasteiger partial charge in [0.2, 0.25) is 0 Å². The highest BCUT2D eigenvalue weighted by Gasteiger charge is 2.01. The molecule has 0 aliphatic heterocycles. The lowest BCUT2D eigenvalue weighted by molar-refractivity contribution is -0.143. The molecule has 3 heteroatoms. The molecule has 1 aromatic carbocycles. The van der Waals surface area contributed by atoms with Gasteiger partial charge in [0.15, 0.2) is 0 Å². The predicted octanol–water partition coefficient (Wildman–Crippen LogP) is 4.08. The number of benzene rings is 1. The highest BCUT2D eigenvalue weighted by molar-refractivity contribution is 5.69. The van der Waals surface area contributed by atoms with Gasteiger partial charge in [-0.3, -0.25) is 4.79 Å². The van der Waals surface area contributed by atoms with Gasteiger partial charge in [0, 0.05) is 6.42 Å². The number of ether oxygens (including phenoxy) is 2. The van der Waals surface area contributed by atoms with Crippen LogP contribution in [0.3, 0.4) is 0 Å². The maximum Gasteiger partial charge on any atom is 0.305 e. The highest BCUT2D eigenvalue weighted by atomic mass is 16.5. The van der Waals surface area contributed by atoms with Gasteiger partial charge in [0.1, 0.15) is 5.75 Å². The first-order chi connectivity index (χ1) is 9.26. The Bertz CT molecular complexity index is 355. The van der Waals surface area contributed by atoms with E-state index in [0.717, 1.165) is 11.3 Å². The Hall–Kier alpha value is -1.77. The molecule has 0 heterocycles. The molecular formula is C16H24O3. The van der Waals surface area contributed by atoms with Gasteiger partial charge in [0.05, 0.1) is 13.2 Å². The van der Waals surface area contributed by atoms with Gasteiger partial charge in [-0.1, -0.05) is 38.6 Å². The number of esters is 1. The second kappa shape index (κ2) is 11.3. The normalized spacial score (nSPS) is 9.00. The molecule has 0 saturated heterocycles. The number of hydrogen-bond donors (Lipinski definition) is 0. The summed E-state index contributed by atoms with van der Waals surface area (Å²) in [6.07, 6.45) is 2.85. The molecule has 0 atom stereocenters. The zero-order chi connectivity index (χ0) is 14.5. The van der Waals surface area contributed by atoms with Crippen molar-refractivity contribution in [3.8, 4) is 5.75 Å². The van der Waals surface area contributed by atoms with Gasteiger partial charge in [-0.05, 0) is 31.0 Å². The summed E-state index contributed by atoms with van der Waals surface area (Å²) in [4.78, 5) is 11.0. The van der Waals surface area contributed by atoms with Crippen molar-refractivity contribution >= 4 is 12.0 Å². The molecule has 0 saturated carbocycles. The zero-order valence-electron chi connectivity index (χ0n) is 12.1. The van der Waals surface area contributed by atoms with E-state index in [4.69, 9.17) is 9.47 Å². The molecule has 0 unspecified atom stereocenters. The minimum Gasteiger partial charge on any atom is -0.494 e. The van der Waals surface area contributed by atoms with Crippen molar-refractivity contribution in [3.05, 3.63) is 36.4 Å². The van der Waals surface area contributed by atoms with E-state index in [1.807, 2.05) is 38.1 Å². The fourth-order valence-corrected chi connectivity index (χ4v) is 1.34. The summed E-state index contributed by atoms with van der Waals surface area (Å²) in [5, 5.41) is 0. The summed E-state index contributed by atoms with van der Waals surface area (Å²) in [5.41, 5.74) is 1.06. The molecule has 0 bridgehead atoms. The highest BCUT2D eigenvalue weighted by Crippen LogP contribution is 2.13. The second-order valence-electron chi connectivity index (χ2n) is 3.53. The van der Waals surface area contributed by atoms with Crippen LogP contribution in [0, 0.1) is 0 Å². The van der Waals surface area contributed by atoms with Crippen LogP contribution >= 0.6 is 0 Å². The van der Waals surface area contributed by atoms with E-state index in [2.05, 4.69) is 6.58 Å². The van der Waals surface area contributed by atoms with Gasteiger partial charge in [-0.15, -0.1) is 0 Å². The molecular weight excluding hydrogens is 240 g/mol. The van der Waals surface area contributed by atoms with E-state index in [1.54, 1.807) is 13.0 Å². The summed E-state index contributed by atoms with van der Waals surface area (Å²) in [7, 11) is 0. The summed E-state index contributed by atoms with van der Waals surface area (Å²) < 4.78 is 10.3. The van der Waals surface area contributed by atoms with Crippen LogP contribution in [0.25, 0.3) is 6.08 Å². The lowest BCUT2D eigenvalue weighted by atomic mass is 10.2. The molecule has 19 heavy (non-hydrogen) atoms. The van der Waals surface area contributed by atoms with Crippen LogP contribution in [-0.2, 0) is 9.53 Å². The number of rotatable bonds is 7. The SMILES string of the molecule is C=Cc1ccc(OCCCC(=O)OCC)cc1.CC. The van der Waals surface area contributed by atoms with Crippen molar-refractivity contribution in [1.82, 2.24) is 0 Å². The molecule has 0 spiro atoms. The maximum absolute atomic E-state index is 11.0. The smallest absolute Gasteiger partial charge is 0.305 e. The minimum absolute atomic E-state index is 0.168. The maximum atomic E-state index is 11.0. The molecule has 0 N–H and O–H groups in total. The average Bonchev–Trinajstić information content (AvgIpc) is 2.47. The third-order valence-corrected chi connectivity index (χ3v) is 2.22.